The van der Waals surface area contributed by atoms with E-state index in [1.54, 1.807) is 0 Å². The molecule has 3 N–H and O–H groups in total. The first-order chi connectivity index (χ1) is 9.31. The Bertz CT molecular complexity index is 630. The number of amidine groups is 1. The second-order valence-corrected chi connectivity index (χ2v) is 4.72. The van der Waals surface area contributed by atoms with Crippen molar-refractivity contribution in [1.29, 1.82) is 0 Å². The number of aryl methyl sites for hydroxylation is 1. The molecule has 0 radical (unpaired) electrons. The van der Waals surface area contributed by atoms with Crippen LogP contribution in [0.3, 0.4) is 0 Å². The van der Waals surface area contributed by atoms with E-state index in [2.05, 4.69) is 14.7 Å². The molecular weight excluding hydrogens is 240 g/mol. The van der Waals surface area contributed by atoms with Gasteiger partial charge in [0, 0.05) is 11.3 Å². The van der Waals surface area contributed by atoms with Crippen molar-refractivity contribution in [3.63, 3.8) is 0 Å². The number of aromatic nitrogens is 2. The molecule has 0 atom stereocenters. The van der Waals surface area contributed by atoms with Crippen molar-refractivity contribution in [3.8, 4) is 5.69 Å². The van der Waals surface area contributed by atoms with Crippen LogP contribution in [0.2, 0.25) is 0 Å². The molecule has 1 aliphatic carbocycles. The van der Waals surface area contributed by atoms with Crippen LogP contribution in [0.25, 0.3) is 5.69 Å². The number of nitrogens with zero attached hydrogens (tertiary/aromatic N) is 3. The van der Waals surface area contributed by atoms with Gasteiger partial charge in [-0.05, 0) is 37.8 Å². The number of fused-ring (bicyclic) bond motifs is 1. The molecule has 0 aliphatic heterocycles. The lowest BCUT2D eigenvalue weighted by atomic mass is 10.0. The maximum atomic E-state index is 8.89. The van der Waals surface area contributed by atoms with Crippen molar-refractivity contribution in [2.75, 3.05) is 0 Å². The van der Waals surface area contributed by atoms with Gasteiger partial charge in [-0.2, -0.15) is 0 Å². The van der Waals surface area contributed by atoms with Gasteiger partial charge in [0.25, 0.3) is 0 Å². The smallest absolute Gasteiger partial charge is 0.172 e. The fourth-order valence-electron chi connectivity index (χ4n) is 2.63. The van der Waals surface area contributed by atoms with Gasteiger partial charge in [0.05, 0.1) is 17.7 Å². The Morgan fingerprint density at radius 3 is 2.89 bits per heavy atom. The predicted molar refractivity (Wildman–Crippen MR) is 72.7 cm³/mol. The van der Waals surface area contributed by atoms with Crippen LogP contribution in [0.15, 0.2) is 35.7 Å². The Hall–Kier alpha value is -2.30. The van der Waals surface area contributed by atoms with Gasteiger partial charge >= 0.3 is 0 Å². The molecule has 1 heterocycles. The minimum absolute atomic E-state index is 0.119. The normalized spacial score (nSPS) is 15.3. The fourth-order valence-corrected chi connectivity index (χ4v) is 2.63. The van der Waals surface area contributed by atoms with E-state index in [1.165, 1.54) is 24.2 Å². The summed E-state index contributed by atoms with van der Waals surface area (Å²) in [5.41, 5.74) is 9.78. The quantitative estimate of drug-likeness (QED) is 0.372. The Balaban J connectivity index is 2.15. The number of oxime groups is 1. The second-order valence-electron chi connectivity index (χ2n) is 4.72. The first kappa shape index (κ1) is 11.8. The third-order valence-corrected chi connectivity index (χ3v) is 3.58. The Morgan fingerprint density at radius 1 is 1.26 bits per heavy atom. The Morgan fingerprint density at radius 2 is 2.05 bits per heavy atom. The van der Waals surface area contributed by atoms with Gasteiger partial charge in [-0.1, -0.05) is 17.3 Å². The minimum atomic E-state index is 0.119. The summed E-state index contributed by atoms with van der Waals surface area (Å²) in [6.07, 6.45) is 6.28. The lowest BCUT2D eigenvalue weighted by molar-refractivity contribution is 0.318. The molecule has 1 aliphatic rings. The standard InChI is InChI=1S/C14H16N4O/c15-14(17-19)10-5-1-3-7-12(10)18-9-16-11-6-2-4-8-13(11)18/h1,3,5,7,9,19H,2,4,6,8H2,(H2,15,17). The number of para-hydroxylation sites is 1. The SMILES string of the molecule is N/C(=N/O)c1ccccc1-n1cnc2c1CCCC2. The van der Waals surface area contributed by atoms with E-state index in [0.717, 1.165) is 24.1 Å². The third-order valence-electron chi connectivity index (χ3n) is 3.58. The summed E-state index contributed by atoms with van der Waals surface area (Å²) in [6, 6.07) is 7.63. The molecule has 1 aromatic carbocycles. The van der Waals surface area contributed by atoms with Crippen LogP contribution in [0.1, 0.15) is 29.8 Å². The topological polar surface area (TPSA) is 76.4 Å². The number of nitrogens with two attached hydrogens (primary N) is 1. The molecule has 0 unspecified atom stereocenters. The van der Waals surface area contributed by atoms with E-state index < -0.39 is 0 Å². The largest absolute Gasteiger partial charge is 0.409 e. The van der Waals surface area contributed by atoms with Crippen LogP contribution in [0, 0.1) is 0 Å². The molecule has 19 heavy (non-hydrogen) atoms. The van der Waals surface area contributed by atoms with Crippen molar-refractivity contribution in [2.24, 2.45) is 10.9 Å². The number of imidazole rings is 1. The van der Waals surface area contributed by atoms with Crippen LogP contribution in [0.5, 0.6) is 0 Å². The first-order valence-electron chi connectivity index (χ1n) is 6.43. The minimum Gasteiger partial charge on any atom is -0.409 e. The molecule has 98 valence electrons. The van der Waals surface area contributed by atoms with Crippen LogP contribution in [-0.4, -0.2) is 20.6 Å². The highest BCUT2D eigenvalue weighted by atomic mass is 16.4. The number of rotatable bonds is 2. The third kappa shape index (κ3) is 1.97. The zero-order chi connectivity index (χ0) is 13.2. The second kappa shape index (κ2) is 4.76. The highest BCUT2D eigenvalue weighted by molar-refractivity contribution is 6.00. The molecule has 1 aromatic heterocycles. The zero-order valence-electron chi connectivity index (χ0n) is 10.6. The van der Waals surface area contributed by atoms with Crippen LogP contribution in [0.4, 0.5) is 0 Å². The molecule has 0 bridgehead atoms. The highest BCUT2D eigenvalue weighted by Gasteiger charge is 2.18. The molecular formula is C14H16N4O. The number of hydrogen-bond acceptors (Lipinski definition) is 3. The van der Waals surface area contributed by atoms with Crippen LogP contribution in [-0.2, 0) is 12.8 Å². The van der Waals surface area contributed by atoms with E-state index in [4.69, 9.17) is 10.9 Å². The summed E-state index contributed by atoms with van der Waals surface area (Å²) in [7, 11) is 0. The first-order valence-corrected chi connectivity index (χ1v) is 6.43. The molecule has 2 aromatic rings. The van der Waals surface area contributed by atoms with Crippen molar-refractivity contribution < 1.29 is 5.21 Å². The van der Waals surface area contributed by atoms with Crippen LogP contribution < -0.4 is 5.73 Å². The van der Waals surface area contributed by atoms with Gasteiger partial charge in [-0.25, -0.2) is 4.98 Å². The van der Waals surface area contributed by atoms with Gasteiger partial charge in [-0.3, -0.25) is 0 Å². The van der Waals surface area contributed by atoms with E-state index in [9.17, 15) is 0 Å². The summed E-state index contributed by atoms with van der Waals surface area (Å²) < 4.78 is 2.06. The summed E-state index contributed by atoms with van der Waals surface area (Å²) in [6.45, 7) is 0. The molecule has 5 nitrogen and oxygen atoms in total. The van der Waals surface area contributed by atoms with E-state index in [-0.39, 0.29) is 5.84 Å². The highest BCUT2D eigenvalue weighted by Crippen LogP contribution is 2.24. The van der Waals surface area contributed by atoms with Crippen molar-refractivity contribution in [1.82, 2.24) is 9.55 Å². The lowest BCUT2D eigenvalue weighted by Crippen LogP contribution is -2.17. The van der Waals surface area contributed by atoms with E-state index >= 15 is 0 Å². The Labute approximate surface area is 111 Å². The van der Waals surface area contributed by atoms with Crippen molar-refractivity contribution in [2.45, 2.75) is 25.7 Å². The number of benzene rings is 1. The van der Waals surface area contributed by atoms with Gasteiger partial charge in [0.2, 0.25) is 0 Å². The Kier molecular flexibility index (Phi) is 2.95. The van der Waals surface area contributed by atoms with E-state index in [1.807, 2.05) is 30.6 Å². The van der Waals surface area contributed by atoms with Crippen molar-refractivity contribution >= 4 is 5.84 Å². The zero-order valence-corrected chi connectivity index (χ0v) is 10.6. The van der Waals surface area contributed by atoms with Crippen LogP contribution >= 0.6 is 0 Å². The molecule has 3 rings (SSSR count). The summed E-state index contributed by atoms with van der Waals surface area (Å²) in [5.74, 6) is 0.119. The van der Waals surface area contributed by atoms with Gasteiger partial charge in [0.15, 0.2) is 5.84 Å². The average molecular weight is 256 g/mol. The molecule has 0 fully saturated rings. The maximum absolute atomic E-state index is 8.89. The molecule has 0 amide bonds. The maximum Gasteiger partial charge on any atom is 0.172 e. The van der Waals surface area contributed by atoms with Crippen molar-refractivity contribution in [3.05, 3.63) is 47.5 Å². The molecule has 0 spiro atoms. The fraction of sp³-hybridized carbons (Fsp3) is 0.286. The molecule has 0 saturated carbocycles. The van der Waals surface area contributed by atoms with E-state index in [0.29, 0.717) is 0 Å². The van der Waals surface area contributed by atoms with Gasteiger partial charge < -0.3 is 15.5 Å². The predicted octanol–water partition coefficient (Wildman–Crippen LogP) is 1.85. The summed E-state index contributed by atoms with van der Waals surface area (Å²) in [5, 5.41) is 12.0. The monoisotopic (exact) mass is 256 g/mol. The summed E-state index contributed by atoms with van der Waals surface area (Å²) in [4.78, 5) is 4.48. The molecule has 0 saturated heterocycles. The summed E-state index contributed by atoms with van der Waals surface area (Å²) >= 11 is 0. The molecule has 5 heteroatoms. The van der Waals surface area contributed by atoms with Gasteiger partial charge in [-0.15, -0.1) is 0 Å². The lowest BCUT2D eigenvalue weighted by Gasteiger charge is -2.16. The number of hydrogen-bond donors (Lipinski definition) is 2. The average Bonchev–Trinajstić information content (AvgIpc) is 2.90. The van der Waals surface area contributed by atoms with Gasteiger partial charge in [0.1, 0.15) is 0 Å².